The van der Waals surface area contributed by atoms with Crippen LogP contribution in [0.3, 0.4) is 0 Å². The highest BCUT2D eigenvalue weighted by Crippen LogP contribution is 2.35. The van der Waals surface area contributed by atoms with E-state index in [4.69, 9.17) is 5.11 Å². The van der Waals surface area contributed by atoms with Gasteiger partial charge in [0.05, 0.1) is 0 Å². The minimum atomic E-state index is -4.94. The van der Waals surface area contributed by atoms with Crippen molar-refractivity contribution in [1.82, 2.24) is 10.2 Å². The molecule has 2 N–H and O–H groups in total. The van der Waals surface area contributed by atoms with Crippen LogP contribution in [0.15, 0.2) is 24.3 Å². The molecule has 1 heterocycles. The third-order valence-electron chi connectivity index (χ3n) is 4.29. The maximum atomic E-state index is 12.5. The predicted octanol–water partition coefficient (Wildman–Crippen LogP) is 2.98. The number of piperidine rings is 1. The van der Waals surface area contributed by atoms with Gasteiger partial charge in [0.25, 0.3) is 0 Å². The van der Waals surface area contributed by atoms with E-state index in [9.17, 15) is 22.8 Å². The lowest BCUT2D eigenvalue weighted by molar-refractivity contribution is -0.173. The molecule has 0 atom stereocenters. The van der Waals surface area contributed by atoms with Crippen LogP contribution in [0.2, 0.25) is 0 Å². The number of hydrogen-bond donors (Lipinski definition) is 2. The van der Waals surface area contributed by atoms with E-state index in [0.717, 1.165) is 9.13 Å². The number of rotatable bonds is 3. The SMILES string of the molecule is O=C(O)N1CCC(CNC(=O)C(F)(F)F)(c2ccc(I)cc2)CC1. The van der Waals surface area contributed by atoms with Crippen molar-refractivity contribution in [3.8, 4) is 0 Å². The molecule has 0 aliphatic carbocycles. The Morgan fingerprint density at radius 1 is 1.21 bits per heavy atom. The highest BCUT2D eigenvalue weighted by molar-refractivity contribution is 14.1. The Morgan fingerprint density at radius 2 is 1.75 bits per heavy atom. The van der Waals surface area contributed by atoms with E-state index in [-0.39, 0.29) is 19.6 Å². The molecule has 0 aromatic heterocycles. The van der Waals surface area contributed by atoms with Gasteiger partial charge in [-0.2, -0.15) is 13.2 Å². The number of benzene rings is 1. The van der Waals surface area contributed by atoms with E-state index in [1.165, 1.54) is 4.90 Å². The largest absolute Gasteiger partial charge is 0.471 e. The van der Waals surface area contributed by atoms with Gasteiger partial charge in [0.15, 0.2) is 0 Å². The molecule has 0 saturated carbocycles. The number of likely N-dealkylation sites (tertiary alicyclic amines) is 1. The fourth-order valence-electron chi connectivity index (χ4n) is 2.85. The van der Waals surface area contributed by atoms with Gasteiger partial charge in [-0.1, -0.05) is 12.1 Å². The van der Waals surface area contributed by atoms with Crippen LogP contribution in [-0.4, -0.2) is 47.8 Å². The lowest BCUT2D eigenvalue weighted by Crippen LogP contribution is -2.51. The highest BCUT2D eigenvalue weighted by atomic mass is 127. The summed E-state index contributed by atoms with van der Waals surface area (Å²) in [6, 6.07) is 7.31. The molecule has 1 aromatic rings. The number of amides is 2. The van der Waals surface area contributed by atoms with Crippen molar-refractivity contribution in [3.05, 3.63) is 33.4 Å². The average molecular weight is 456 g/mol. The maximum Gasteiger partial charge on any atom is 0.471 e. The van der Waals surface area contributed by atoms with E-state index in [1.54, 1.807) is 0 Å². The van der Waals surface area contributed by atoms with Gasteiger partial charge >= 0.3 is 18.2 Å². The average Bonchev–Trinajstić information content (AvgIpc) is 2.52. The number of nitrogens with one attached hydrogen (secondary N) is 1. The molecule has 132 valence electrons. The van der Waals surface area contributed by atoms with Gasteiger partial charge in [-0.05, 0) is 53.1 Å². The molecule has 0 radical (unpaired) electrons. The van der Waals surface area contributed by atoms with Crippen molar-refractivity contribution < 1.29 is 27.9 Å². The number of halogens is 4. The maximum absolute atomic E-state index is 12.5. The monoisotopic (exact) mass is 456 g/mol. The molecule has 1 aromatic carbocycles. The van der Waals surface area contributed by atoms with E-state index >= 15 is 0 Å². The topological polar surface area (TPSA) is 69.6 Å². The Labute approximate surface area is 150 Å². The number of carbonyl (C=O) groups excluding carboxylic acids is 1. The standard InChI is InChI=1S/C15H16F3IN2O3/c16-15(17,18)12(22)20-9-14(10-1-3-11(19)4-2-10)5-7-21(8-6-14)13(23)24/h1-4H,5-9H2,(H,20,22)(H,23,24). The Hall–Kier alpha value is -1.52. The number of alkyl halides is 3. The van der Waals surface area contributed by atoms with Gasteiger partial charge in [-0.15, -0.1) is 0 Å². The molecule has 1 aliphatic rings. The first kappa shape index (κ1) is 18.8. The van der Waals surface area contributed by atoms with Gasteiger partial charge in [-0.25, -0.2) is 4.79 Å². The summed E-state index contributed by atoms with van der Waals surface area (Å²) in [5, 5.41) is 11.0. The highest BCUT2D eigenvalue weighted by Gasteiger charge is 2.42. The zero-order valence-electron chi connectivity index (χ0n) is 12.6. The zero-order valence-corrected chi connectivity index (χ0v) is 14.7. The normalized spacial score (nSPS) is 17.4. The molecule has 1 aliphatic heterocycles. The molecular weight excluding hydrogens is 440 g/mol. The van der Waals surface area contributed by atoms with Gasteiger partial charge in [0.1, 0.15) is 0 Å². The van der Waals surface area contributed by atoms with Crippen molar-refractivity contribution in [2.75, 3.05) is 19.6 Å². The van der Waals surface area contributed by atoms with E-state index in [2.05, 4.69) is 22.6 Å². The van der Waals surface area contributed by atoms with E-state index in [0.29, 0.717) is 12.8 Å². The van der Waals surface area contributed by atoms with Crippen LogP contribution >= 0.6 is 22.6 Å². The summed E-state index contributed by atoms with van der Waals surface area (Å²) in [4.78, 5) is 23.4. The molecule has 0 spiro atoms. The summed E-state index contributed by atoms with van der Waals surface area (Å²) in [5.74, 6) is -1.98. The number of hydrogen-bond acceptors (Lipinski definition) is 2. The summed E-state index contributed by atoms with van der Waals surface area (Å²) in [5.41, 5.74) is 0.0902. The van der Waals surface area contributed by atoms with Crippen molar-refractivity contribution in [3.63, 3.8) is 0 Å². The smallest absolute Gasteiger partial charge is 0.465 e. The lowest BCUT2D eigenvalue weighted by atomic mass is 9.72. The second kappa shape index (κ2) is 7.16. The Kier molecular flexibility index (Phi) is 5.61. The Balaban J connectivity index is 2.21. The van der Waals surface area contributed by atoms with Crippen LogP contribution in [0, 0.1) is 3.57 Å². The van der Waals surface area contributed by atoms with Crippen LogP contribution in [0.5, 0.6) is 0 Å². The first-order valence-corrected chi connectivity index (χ1v) is 8.31. The molecule has 2 amide bonds. The van der Waals surface area contributed by atoms with Crippen LogP contribution in [0.25, 0.3) is 0 Å². The third-order valence-corrected chi connectivity index (χ3v) is 5.01. The van der Waals surface area contributed by atoms with Crippen molar-refractivity contribution >= 4 is 34.6 Å². The lowest BCUT2D eigenvalue weighted by Gasteiger charge is -2.41. The van der Waals surface area contributed by atoms with E-state index < -0.39 is 23.6 Å². The van der Waals surface area contributed by atoms with Crippen molar-refractivity contribution in [2.24, 2.45) is 0 Å². The molecule has 1 fully saturated rings. The number of carbonyl (C=O) groups is 2. The number of nitrogens with zero attached hydrogens (tertiary/aromatic N) is 1. The quantitative estimate of drug-likeness (QED) is 0.688. The Bertz CT molecular complexity index is 611. The molecule has 1 saturated heterocycles. The summed E-state index contributed by atoms with van der Waals surface area (Å²) < 4.78 is 38.3. The van der Waals surface area contributed by atoms with Gasteiger partial charge < -0.3 is 15.3 Å². The summed E-state index contributed by atoms with van der Waals surface area (Å²) in [7, 11) is 0. The second-order valence-electron chi connectivity index (χ2n) is 5.74. The fourth-order valence-corrected chi connectivity index (χ4v) is 3.21. The van der Waals surface area contributed by atoms with Crippen LogP contribution in [0.4, 0.5) is 18.0 Å². The van der Waals surface area contributed by atoms with Crippen LogP contribution < -0.4 is 5.32 Å². The first-order chi connectivity index (χ1) is 11.1. The van der Waals surface area contributed by atoms with Crippen LogP contribution in [-0.2, 0) is 10.2 Å². The third kappa shape index (κ3) is 4.31. The summed E-state index contributed by atoms with van der Waals surface area (Å²) in [6.07, 6.45) is -5.30. The molecule has 0 unspecified atom stereocenters. The molecule has 24 heavy (non-hydrogen) atoms. The van der Waals surface area contributed by atoms with Gasteiger partial charge in [-0.3, -0.25) is 4.79 Å². The summed E-state index contributed by atoms with van der Waals surface area (Å²) >= 11 is 2.12. The van der Waals surface area contributed by atoms with Crippen LogP contribution in [0.1, 0.15) is 18.4 Å². The minimum absolute atomic E-state index is 0.181. The number of carboxylic acid groups (broad SMARTS) is 1. The molecule has 0 bridgehead atoms. The van der Waals surface area contributed by atoms with Gasteiger partial charge in [0.2, 0.25) is 0 Å². The second-order valence-corrected chi connectivity index (χ2v) is 6.98. The van der Waals surface area contributed by atoms with E-state index in [1.807, 2.05) is 29.6 Å². The molecule has 2 rings (SSSR count). The predicted molar refractivity (Wildman–Crippen MR) is 88.7 cm³/mol. The zero-order chi connectivity index (χ0) is 18.0. The minimum Gasteiger partial charge on any atom is -0.465 e. The van der Waals surface area contributed by atoms with Gasteiger partial charge in [0, 0.05) is 28.6 Å². The summed E-state index contributed by atoms with van der Waals surface area (Å²) in [6.45, 7) is 0.242. The van der Waals surface area contributed by atoms with Crippen molar-refractivity contribution in [1.29, 1.82) is 0 Å². The molecule has 5 nitrogen and oxygen atoms in total. The molecule has 9 heteroatoms. The fraction of sp³-hybridized carbons (Fsp3) is 0.467. The van der Waals surface area contributed by atoms with Crippen molar-refractivity contribution in [2.45, 2.75) is 24.4 Å². The first-order valence-electron chi connectivity index (χ1n) is 7.23. The molecular formula is C15H16F3IN2O3. The Morgan fingerprint density at radius 3 is 2.21 bits per heavy atom.